The molecule has 2 aromatic rings. The maximum absolute atomic E-state index is 11.7. The molecule has 0 fully saturated rings. The summed E-state index contributed by atoms with van der Waals surface area (Å²) in [5.41, 5.74) is 1.12. The van der Waals surface area contributed by atoms with E-state index in [2.05, 4.69) is 15.4 Å². The van der Waals surface area contributed by atoms with Crippen LogP contribution in [-0.2, 0) is 6.54 Å². The van der Waals surface area contributed by atoms with Crippen LogP contribution in [0.25, 0.3) is 0 Å². The van der Waals surface area contributed by atoms with Crippen LogP contribution in [-0.4, -0.2) is 26.7 Å². The molecule has 0 saturated heterocycles. The zero-order valence-corrected chi connectivity index (χ0v) is 10.5. The van der Waals surface area contributed by atoms with E-state index in [1.807, 2.05) is 44.2 Å². The number of rotatable bonds is 4. The summed E-state index contributed by atoms with van der Waals surface area (Å²) in [6.07, 6.45) is 1.57. The fourth-order valence-electron chi connectivity index (χ4n) is 1.57. The van der Waals surface area contributed by atoms with Crippen LogP contribution in [0.5, 0.6) is 0 Å². The van der Waals surface area contributed by atoms with Crippen LogP contribution < -0.4 is 5.32 Å². The summed E-state index contributed by atoms with van der Waals surface area (Å²) in [6, 6.07) is 10.0. The zero-order valence-electron chi connectivity index (χ0n) is 10.5. The maximum Gasteiger partial charge on any atom is 0.291 e. The number of carbonyl (C=O) groups excluding carboxylic acids is 1. The number of nitrogens with zero attached hydrogens (tertiary/aromatic N) is 3. The summed E-state index contributed by atoms with van der Waals surface area (Å²) in [5, 5.41) is 6.91. The van der Waals surface area contributed by atoms with E-state index in [0.29, 0.717) is 6.54 Å². The highest BCUT2D eigenvalue weighted by Gasteiger charge is 2.12. The maximum atomic E-state index is 11.7. The average molecular weight is 244 g/mol. The van der Waals surface area contributed by atoms with E-state index in [1.165, 1.54) is 0 Å². The molecule has 1 aromatic heterocycles. The molecule has 0 aliphatic rings. The summed E-state index contributed by atoms with van der Waals surface area (Å²) in [4.78, 5) is 15.7. The third-order valence-electron chi connectivity index (χ3n) is 2.35. The van der Waals surface area contributed by atoms with Crippen molar-refractivity contribution in [2.45, 2.75) is 26.4 Å². The molecular weight excluding hydrogens is 228 g/mol. The molecule has 1 N–H and O–H groups in total. The molecule has 1 amide bonds. The molecular formula is C13H16N4O. The second-order valence-electron chi connectivity index (χ2n) is 4.38. The third-order valence-corrected chi connectivity index (χ3v) is 2.35. The van der Waals surface area contributed by atoms with Gasteiger partial charge in [0.25, 0.3) is 5.91 Å². The molecule has 0 saturated carbocycles. The van der Waals surface area contributed by atoms with Gasteiger partial charge in [0.1, 0.15) is 6.33 Å². The van der Waals surface area contributed by atoms with Crippen LogP contribution in [0.3, 0.4) is 0 Å². The van der Waals surface area contributed by atoms with Crippen LogP contribution >= 0.6 is 0 Å². The summed E-state index contributed by atoms with van der Waals surface area (Å²) >= 11 is 0. The molecule has 1 aromatic carbocycles. The summed E-state index contributed by atoms with van der Waals surface area (Å²) in [7, 11) is 0. The lowest BCUT2D eigenvalue weighted by Gasteiger charge is -2.04. The molecule has 0 radical (unpaired) electrons. The number of carbonyl (C=O) groups is 1. The second kappa shape index (κ2) is 5.44. The Morgan fingerprint density at radius 1 is 1.33 bits per heavy atom. The van der Waals surface area contributed by atoms with Crippen molar-refractivity contribution in [1.82, 2.24) is 20.1 Å². The van der Waals surface area contributed by atoms with Crippen molar-refractivity contribution in [3.63, 3.8) is 0 Å². The first kappa shape index (κ1) is 12.3. The van der Waals surface area contributed by atoms with Gasteiger partial charge < -0.3 is 5.32 Å². The summed E-state index contributed by atoms with van der Waals surface area (Å²) in [6.45, 7) is 4.42. The number of hydrogen-bond acceptors (Lipinski definition) is 3. The predicted molar refractivity (Wildman–Crippen MR) is 68.2 cm³/mol. The van der Waals surface area contributed by atoms with Gasteiger partial charge in [0.15, 0.2) is 0 Å². The highest BCUT2D eigenvalue weighted by Crippen LogP contribution is 2.01. The van der Waals surface area contributed by atoms with E-state index in [4.69, 9.17) is 0 Å². The van der Waals surface area contributed by atoms with E-state index in [1.54, 1.807) is 11.0 Å². The molecule has 0 atom stereocenters. The Kier molecular flexibility index (Phi) is 3.72. The van der Waals surface area contributed by atoms with Crippen LogP contribution in [0.2, 0.25) is 0 Å². The van der Waals surface area contributed by atoms with Gasteiger partial charge in [-0.2, -0.15) is 0 Å². The standard InChI is InChI=1S/C13H16N4O/c1-10(2)15-13(18)12-14-9-17(16-12)8-11-6-4-3-5-7-11/h3-7,9-10H,8H2,1-2H3,(H,15,18). The lowest BCUT2D eigenvalue weighted by atomic mass is 10.2. The monoisotopic (exact) mass is 244 g/mol. The van der Waals surface area contributed by atoms with Gasteiger partial charge in [-0.05, 0) is 19.4 Å². The van der Waals surface area contributed by atoms with Crippen molar-refractivity contribution in [3.05, 3.63) is 48.0 Å². The van der Waals surface area contributed by atoms with Crippen LogP contribution in [0, 0.1) is 0 Å². The number of hydrogen-bond donors (Lipinski definition) is 1. The minimum atomic E-state index is -0.239. The fraction of sp³-hybridized carbons (Fsp3) is 0.308. The molecule has 0 aliphatic carbocycles. The van der Waals surface area contributed by atoms with Gasteiger partial charge in [0.05, 0.1) is 6.54 Å². The van der Waals surface area contributed by atoms with Gasteiger partial charge in [-0.3, -0.25) is 4.79 Å². The summed E-state index contributed by atoms with van der Waals surface area (Å²) in [5.74, 6) is -0.0311. The number of aromatic nitrogens is 3. The first-order chi connectivity index (χ1) is 8.65. The number of amides is 1. The van der Waals surface area contributed by atoms with Gasteiger partial charge in [-0.25, -0.2) is 9.67 Å². The molecule has 2 rings (SSSR count). The lowest BCUT2D eigenvalue weighted by molar-refractivity contribution is 0.0932. The molecule has 18 heavy (non-hydrogen) atoms. The summed E-state index contributed by atoms with van der Waals surface area (Å²) < 4.78 is 1.66. The van der Waals surface area contributed by atoms with Crippen molar-refractivity contribution < 1.29 is 4.79 Å². The Morgan fingerprint density at radius 3 is 2.72 bits per heavy atom. The molecule has 5 heteroatoms. The minimum absolute atomic E-state index is 0.0820. The van der Waals surface area contributed by atoms with Gasteiger partial charge in [-0.1, -0.05) is 30.3 Å². The highest BCUT2D eigenvalue weighted by atomic mass is 16.2. The van der Waals surface area contributed by atoms with E-state index in [9.17, 15) is 4.79 Å². The third kappa shape index (κ3) is 3.16. The first-order valence-electron chi connectivity index (χ1n) is 5.89. The Bertz CT molecular complexity index is 519. The van der Waals surface area contributed by atoms with Gasteiger partial charge >= 0.3 is 0 Å². The molecule has 0 spiro atoms. The van der Waals surface area contributed by atoms with E-state index in [-0.39, 0.29) is 17.8 Å². The van der Waals surface area contributed by atoms with Crippen LogP contribution in [0.15, 0.2) is 36.7 Å². The first-order valence-corrected chi connectivity index (χ1v) is 5.89. The quantitative estimate of drug-likeness (QED) is 0.885. The minimum Gasteiger partial charge on any atom is -0.347 e. The van der Waals surface area contributed by atoms with Crippen molar-refractivity contribution >= 4 is 5.91 Å². The van der Waals surface area contributed by atoms with Crippen LogP contribution in [0.4, 0.5) is 0 Å². The van der Waals surface area contributed by atoms with E-state index in [0.717, 1.165) is 5.56 Å². The molecule has 1 heterocycles. The zero-order chi connectivity index (χ0) is 13.0. The molecule has 0 unspecified atom stereocenters. The number of benzene rings is 1. The van der Waals surface area contributed by atoms with Gasteiger partial charge in [0, 0.05) is 6.04 Å². The van der Waals surface area contributed by atoms with Crippen molar-refractivity contribution in [2.24, 2.45) is 0 Å². The highest BCUT2D eigenvalue weighted by molar-refractivity contribution is 5.90. The van der Waals surface area contributed by atoms with E-state index >= 15 is 0 Å². The lowest BCUT2D eigenvalue weighted by Crippen LogP contribution is -2.31. The normalized spacial score (nSPS) is 10.6. The second-order valence-corrected chi connectivity index (χ2v) is 4.38. The Morgan fingerprint density at radius 2 is 2.06 bits per heavy atom. The van der Waals surface area contributed by atoms with Gasteiger partial charge in [-0.15, -0.1) is 5.10 Å². The smallest absolute Gasteiger partial charge is 0.291 e. The molecule has 94 valence electrons. The molecule has 0 aliphatic heterocycles. The van der Waals surface area contributed by atoms with Gasteiger partial charge in [0.2, 0.25) is 5.82 Å². The van der Waals surface area contributed by atoms with Crippen molar-refractivity contribution in [3.8, 4) is 0 Å². The van der Waals surface area contributed by atoms with Crippen LogP contribution in [0.1, 0.15) is 30.0 Å². The predicted octanol–water partition coefficient (Wildman–Crippen LogP) is 1.46. The Labute approximate surface area is 106 Å². The fourth-order valence-corrected chi connectivity index (χ4v) is 1.57. The van der Waals surface area contributed by atoms with E-state index < -0.39 is 0 Å². The molecule has 0 bridgehead atoms. The number of nitrogens with one attached hydrogen (secondary N) is 1. The topological polar surface area (TPSA) is 59.8 Å². The van der Waals surface area contributed by atoms with Crippen molar-refractivity contribution in [1.29, 1.82) is 0 Å². The Hall–Kier alpha value is -2.17. The SMILES string of the molecule is CC(C)NC(=O)c1ncn(Cc2ccccc2)n1. The van der Waals surface area contributed by atoms with Crippen molar-refractivity contribution in [2.75, 3.05) is 0 Å². The largest absolute Gasteiger partial charge is 0.347 e. The molecule has 5 nitrogen and oxygen atoms in total. The Balaban J connectivity index is 2.04. The average Bonchev–Trinajstić information content (AvgIpc) is 2.78.